The molecule has 0 nitrogen and oxygen atoms in total. The van der Waals surface area contributed by atoms with Gasteiger partial charge in [0.05, 0.1) is 0 Å². The van der Waals surface area contributed by atoms with E-state index < -0.39 is 0 Å². The van der Waals surface area contributed by atoms with Gasteiger partial charge in [0.2, 0.25) is 0 Å². The van der Waals surface area contributed by atoms with Crippen molar-refractivity contribution in [2.24, 2.45) is 0 Å². The summed E-state index contributed by atoms with van der Waals surface area (Å²) < 4.78 is 0. The van der Waals surface area contributed by atoms with E-state index in [9.17, 15) is 0 Å². The van der Waals surface area contributed by atoms with E-state index in [1.807, 2.05) is 0 Å². The van der Waals surface area contributed by atoms with Gasteiger partial charge < -0.3 is 2.85 Å². The Morgan fingerprint density at radius 3 is 1.25 bits per heavy atom. The first-order valence-corrected chi connectivity index (χ1v) is 0. The van der Waals surface area contributed by atoms with Crippen LogP contribution in [-0.2, 0) is 0 Å². The molecule has 1 atom stereocenters. The molecule has 0 aliphatic carbocycles. The van der Waals surface area contributed by atoms with Crippen molar-refractivity contribution in [3.05, 3.63) is 0 Å². The topological polar surface area (TPSA) is 0 Å². The summed E-state index contributed by atoms with van der Waals surface area (Å²) in [6.07, 6.45) is 0. The molecule has 0 bridgehead atoms. The molecule has 0 rings (SSSR count). The molecule has 0 aromatic heterocycles. The summed E-state index contributed by atoms with van der Waals surface area (Å²) in [5.41, 5.74) is 0. The zero-order valence-electron chi connectivity index (χ0n) is 4.49. The molecule has 0 aromatic rings. The fraction of sp³-hybridized carbons (Fsp3) is 0. The first kappa shape index (κ1) is 35.9. The van der Waals surface area contributed by atoms with Crippen LogP contribution >= 0.6 is 23.4 Å². The Morgan fingerprint density at radius 2 is 1.25 bits per heavy atom. The van der Waals surface area contributed by atoms with E-state index in [0.717, 1.165) is 0 Å². The summed E-state index contributed by atoms with van der Waals surface area (Å²) >= 11 is 0. The van der Waals surface area contributed by atoms with E-state index in [4.69, 9.17) is 0 Å². The molecule has 0 saturated carbocycles. The number of hydrogen-bond donors (Lipinski definition) is 0. The van der Waals surface area contributed by atoms with Gasteiger partial charge in [0.25, 0.3) is 0 Å². The average Bonchev–Trinajstić information content (AvgIpc) is 0. The summed E-state index contributed by atoms with van der Waals surface area (Å²) in [6.45, 7) is 0. The zero-order valence-corrected chi connectivity index (χ0v) is 7.11. The Balaban J connectivity index is 0. The van der Waals surface area contributed by atoms with Crippen molar-refractivity contribution in [1.29, 1.82) is 0 Å². The van der Waals surface area contributed by atoms with Gasteiger partial charge in [-0.15, -0.1) is 0 Å². The van der Waals surface area contributed by atoms with Crippen molar-refractivity contribution >= 4 is 69.5 Å². The van der Waals surface area contributed by atoms with Crippen molar-refractivity contribution in [3.63, 3.8) is 0 Å². The third kappa shape index (κ3) is 8.93. The van der Waals surface area contributed by atoms with Crippen LogP contribution in [0.15, 0.2) is 0 Å². The monoisotopic (exact) mass is 121 g/mol. The predicted molar refractivity (Wildman–Crippen MR) is 35.2 cm³/mol. The van der Waals surface area contributed by atoms with Gasteiger partial charge in [-0.25, -0.2) is 0 Å². The van der Waals surface area contributed by atoms with Gasteiger partial charge in [-0.3, -0.25) is 0 Å². The molecule has 0 N–H and O–H groups in total. The SMILES string of the molecule is P.S.[B].[Ca+2].[H-].[H-]. The van der Waals surface area contributed by atoms with Crippen LogP contribution in [0.3, 0.4) is 0 Å². The summed E-state index contributed by atoms with van der Waals surface area (Å²) in [4.78, 5) is 0. The maximum atomic E-state index is 0. The Hall–Kier alpha value is 2.10. The molecule has 4 heteroatoms. The summed E-state index contributed by atoms with van der Waals surface area (Å²) in [5.74, 6) is 0. The maximum Gasteiger partial charge on any atom is 2.00 e. The second kappa shape index (κ2) is 19.4. The van der Waals surface area contributed by atoms with Crippen LogP contribution in [0, 0.1) is 0 Å². The van der Waals surface area contributed by atoms with Gasteiger partial charge in [0.15, 0.2) is 0 Å². The van der Waals surface area contributed by atoms with E-state index in [1.54, 1.807) is 0 Å². The van der Waals surface area contributed by atoms with Gasteiger partial charge in [-0.2, -0.15) is 23.4 Å². The van der Waals surface area contributed by atoms with E-state index >= 15 is 0 Å². The third-order valence-electron chi connectivity index (χ3n) is 0. The Morgan fingerprint density at radius 1 is 1.25 bits per heavy atom. The summed E-state index contributed by atoms with van der Waals surface area (Å²) in [6, 6.07) is 0. The molecule has 1 unspecified atom stereocenters. The number of rotatable bonds is 0. The van der Waals surface area contributed by atoms with Gasteiger partial charge in [-0.1, -0.05) is 0 Å². The van der Waals surface area contributed by atoms with Crippen LogP contribution in [0.25, 0.3) is 0 Å². The molecule has 0 saturated heterocycles. The largest absolute Gasteiger partial charge is 2.00 e. The second-order valence-corrected chi connectivity index (χ2v) is 0. The molecule has 0 aromatic carbocycles. The average molecular weight is 121 g/mol. The van der Waals surface area contributed by atoms with Crippen molar-refractivity contribution in [2.75, 3.05) is 0 Å². The van der Waals surface area contributed by atoms with Gasteiger partial charge >= 0.3 is 37.7 Å². The minimum Gasteiger partial charge on any atom is -1.00 e. The smallest absolute Gasteiger partial charge is 1.00 e. The van der Waals surface area contributed by atoms with Crippen LogP contribution < -0.4 is 0 Å². The second-order valence-electron chi connectivity index (χ2n) is 0. The zero-order chi connectivity index (χ0) is 0. The summed E-state index contributed by atoms with van der Waals surface area (Å²) in [7, 11) is 0. The molecule has 4 heavy (non-hydrogen) atoms. The van der Waals surface area contributed by atoms with Crippen molar-refractivity contribution in [1.82, 2.24) is 0 Å². The molecule has 0 amide bonds. The predicted octanol–water partition coefficient (Wildman–Crippen LogP) is -0.366. The van der Waals surface area contributed by atoms with Gasteiger partial charge in [0.1, 0.15) is 0 Å². The molecule has 0 aliphatic rings. The number of hydrogen-bond acceptors (Lipinski definition) is 0. The van der Waals surface area contributed by atoms with Crippen LogP contribution in [0.2, 0.25) is 0 Å². The molecule has 0 fully saturated rings. The standard InChI is InChI=1S/B.Ca.H3P.H2S.2H/h;;1H3;1H2;;/q;+2;;;2*-1. The Bertz CT molecular complexity index is 13.5. The molecular weight excluding hydrogens is 114 g/mol. The molecule has 3 radical (unpaired) electrons. The molecule has 23 valence electrons. The molecule has 0 spiro atoms. The van der Waals surface area contributed by atoms with E-state index in [1.165, 1.54) is 0 Å². The first-order valence-electron chi connectivity index (χ1n) is 0. The van der Waals surface area contributed by atoms with Crippen LogP contribution in [-0.4, -0.2) is 46.2 Å². The first-order chi connectivity index (χ1) is 0. The Labute approximate surface area is 71.7 Å². The van der Waals surface area contributed by atoms with E-state index in [0.29, 0.717) is 0 Å². The third-order valence-corrected chi connectivity index (χ3v) is 0. The van der Waals surface area contributed by atoms with Crippen LogP contribution in [0.5, 0.6) is 0 Å². The van der Waals surface area contributed by atoms with Crippen molar-refractivity contribution in [3.8, 4) is 0 Å². The minimum atomic E-state index is 0. The normalized spacial score (nSPS) is 0. The van der Waals surface area contributed by atoms with E-state index in [2.05, 4.69) is 0 Å². The molecule has 0 heterocycles. The van der Waals surface area contributed by atoms with Gasteiger partial charge in [-0.05, 0) is 0 Å². The summed E-state index contributed by atoms with van der Waals surface area (Å²) in [5, 5.41) is 0. The van der Waals surface area contributed by atoms with Crippen LogP contribution in [0.1, 0.15) is 2.85 Å². The minimum absolute atomic E-state index is 0. The fourth-order valence-corrected chi connectivity index (χ4v) is 0. The fourth-order valence-electron chi connectivity index (χ4n) is 0. The van der Waals surface area contributed by atoms with Crippen molar-refractivity contribution < 1.29 is 2.85 Å². The Kier molecular flexibility index (Phi) is 174. The van der Waals surface area contributed by atoms with Gasteiger partial charge in [0, 0.05) is 8.41 Å². The van der Waals surface area contributed by atoms with Crippen molar-refractivity contribution in [2.45, 2.75) is 0 Å². The molecule has 0 aliphatic heterocycles. The van der Waals surface area contributed by atoms with Crippen LogP contribution in [0.4, 0.5) is 0 Å². The quantitative estimate of drug-likeness (QED) is 0.303. The van der Waals surface area contributed by atoms with E-state index in [-0.39, 0.29) is 72.4 Å². The maximum absolute atomic E-state index is 0. The molecular formula is H7BCaPS.